The first-order valence-corrected chi connectivity index (χ1v) is 9.40. The maximum atomic E-state index is 12.5. The van der Waals surface area contributed by atoms with Crippen molar-refractivity contribution in [1.82, 2.24) is 4.98 Å². The number of methoxy groups -OCH3 is 1. The first-order valence-electron chi connectivity index (χ1n) is 6.93. The van der Waals surface area contributed by atoms with Crippen LogP contribution in [-0.4, -0.2) is 18.0 Å². The number of hydrogen-bond donors (Lipinski definition) is 1. The number of ether oxygens (including phenoxy) is 1. The Morgan fingerprint density at radius 3 is 2.54 bits per heavy atom. The van der Waals surface area contributed by atoms with E-state index in [0.717, 1.165) is 20.2 Å². The lowest BCUT2D eigenvalue weighted by molar-refractivity contribution is 0.102. The molecule has 1 heterocycles. The molecule has 1 aromatic heterocycles. The molecule has 0 aliphatic heterocycles. The lowest BCUT2D eigenvalue weighted by atomic mass is 10.2. The number of nitrogens with one attached hydrogen (secondary N) is 1. The Bertz CT molecular complexity index is 879. The van der Waals surface area contributed by atoms with Gasteiger partial charge in [0.25, 0.3) is 5.91 Å². The second-order valence-corrected chi connectivity index (χ2v) is 7.53. The maximum Gasteiger partial charge on any atom is 0.261 e. The van der Waals surface area contributed by atoms with Crippen LogP contribution in [0.2, 0.25) is 0 Å². The van der Waals surface area contributed by atoms with Crippen LogP contribution >= 0.6 is 43.2 Å². The fraction of sp³-hybridized carbons (Fsp3) is 0.0588. The summed E-state index contributed by atoms with van der Waals surface area (Å²) >= 11 is 8.16. The van der Waals surface area contributed by atoms with E-state index < -0.39 is 0 Å². The lowest BCUT2D eigenvalue weighted by Crippen LogP contribution is -2.13. The molecule has 0 fully saturated rings. The van der Waals surface area contributed by atoms with Gasteiger partial charge in [0, 0.05) is 19.9 Å². The fourth-order valence-corrected chi connectivity index (χ4v) is 3.45. The number of carbonyl (C=O) groups excluding carboxylic acids is 1. The van der Waals surface area contributed by atoms with Crippen molar-refractivity contribution in [2.24, 2.45) is 0 Å². The summed E-state index contributed by atoms with van der Waals surface area (Å²) in [6.07, 6.45) is 0. The predicted octanol–water partition coefficient (Wildman–Crippen LogP) is 5.60. The standard InChI is InChI=1S/C17H12Br2N2O2S/c1-23-15-7-6-12(19)8-13(15)16(22)21-17-20-14(9-24-17)10-2-4-11(18)5-3-10/h2-9H,1H3,(H,20,21,22). The number of hydrogen-bond acceptors (Lipinski definition) is 4. The number of nitrogens with zero attached hydrogens (tertiary/aromatic N) is 1. The van der Waals surface area contributed by atoms with Crippen molar-refractivity contribution in [3.8, 4) is 17.0 Å². The van der Waals surface area contributed by atoms with Gasteiger partial charge in [-0.05, 0) is 30.3 Å². The normalized spacial score (nSPS) is 10.5. The highest BCUT2D eigenvalue weighted by atomic mass is 79.9. The van der Waals surface area contributed by atoms with Crippen LogP contribution < -0.4 is 10.1 Å². The number of amides is 1. The molecular formula is C17H12Br2N2O2S. The molecule has 0 aliphatic rings. The number of benzene rings is 2. The van der Waals surface area contributed by atoms with Gasteiger partial charge in [0.1, 0.15) is 5.75 Å². The molecule has 0 spiro atoms. The van der Waals surface area contributed by atoms with Crippen molar-refractivity contribution in [1.29, 1.82) is 0 Å². The van der Waals surface area contributed by atoms with Crippen LogP contribution in [0.3, 0.4) is 0 Å². The second kappa shape index (κ2) is 7.46. The highest BCUT2D eigenvalue weighted by Gasteiger charge is 2.15. The summed E-state index contributed by atoms with van der Waals surface area (Å²) in [6.45, 7) is 0. The van der Waals surface area contributed by atoms with Crippen LogP contribution in [0, 0.1) is 0 Å². The molecule has 1 N–H and O–H groups in total. The average Bonchev–Trinajstić information content (AvgIpc) is 3.04. The third-order valence-corrected chi connectivity index (χ3v) is 5.05. The smallest absolute Gasteiger partial charge is 0.261 e. The Balaban J connectivity index is 1.81. The van der Waals surface area contributed by atoms with Gasteiger partial charge in [0.05, 0.1) is 18.4 Å². The van der Waals surface area contributed by atoms with E-state index in [1.807, 2.05) is 35.7 Å². The van der Waals surface area contributed by atoms with Crippen molar-refractivity contribution in [3.63, 3.8) is 0 Å². The van der Waals surface area contributed by atoms with Gasteiger partial charge in [-0.1, -0.05) is 44.0 Å². The summed E-state index contributed by atoms with van der Waals surface area (Å²) in [4.78, 5) is 17.0. The molecule has 0 atom stereocenters. The van der Waals surface area contributed by atoms with E-state index in [4.69, 9.17) is 4.74 Å². The molecule has 7 heteroatoms. The molecule has 0 aliphatic carbocycles. The average molecular weight is 468 g/mol. The van der Waals surface area contributed by atoms with Crippen LogP contribution in [0.4, 0.5) is 5.13 Å². The number of carbonyl (C=O) groups is 1. The van der Waals surface area contributed by atoms with E-state index in [9.17, 15) is 4.79 Å². The molecule has 3 aromatic rings. The van der Waals surface area contributed by atoms with Gasteiger partial charge < -0.3 is 4.74 Å². The van der Waals surface area contributed by atoms with Crippen LogP contribution in [0.1, 0.15) is 10.4 Å². The van der Waals surface area contributed by atoms with Crippen LogP contribution in [0.25, 0.3) is 11.3 Å². The number of rotatable bonds is 4. The topological polar surface area (TPSA) is 51.2 Å². The monoisotopic (exact) mass is 466 g/mol. The maximum absolute atomic E-state index is 12.5. The van der Waals surface area contributed by atoms with E-state index in [2.05, 4.69) is 42.2 Å². The van der Waals surface area contributed by atoms with Gasteiger partial charge in [-0.15, -0.1) is 11.3 Å². The van der Waals surface area contributed by atoms with E-state index in [0.29, 0.717) is 16.4 Å². The van der Waals surface area contributed by atoms with Crippen molar-refractivity contribution in [2.45, 2.75) is 0 Å². The number of anilines is 1. The quantitative estimate of drug-likeness (QED) is 0.543. The number of thiazole rings is 1. The minimum Gasteiger partial charge on any atom is -0.496 e. The Morgan fingerprint density at radius 1 is 1.12 bits per heavy atom. The molecule has 2 aromatic carbocycles. The van der Waals surface area contributed by atoms with Gasteiger partial charge in [0.15, 0.2) is 5.13 Å². The first-order chi connectivity index (χ1) is 11.6. The minimum atomic E-state index is -0.259. The third-order valence-electron chi connectivity index (χ3n) is 3.27. The van der Waals surface area contributed by atoms with E-state index in [1.165, 1.54) is 18.4 Å². The van der Waals surface area contributed by atoms with Crippen molar-refractivity contribution in [3.05, 3.63) is 62.4 Å². The Hall–Kier alpha value is -1.70. The molecule has 24 heavy (non-hydrogen) atoms. The van der Waals surface area contributed by atoms with Gasteiger partial charge in [-0.25, -0.2) is 4.98 Å². The molecule has 0 saturated heterocycles. The van der Waals surface area contributed by atoms with E-state index in [1.54, 1.807) is 12.1 Å². The van der Waals surface area contributed by atoms with E-state index in [-0.39, 0.29) is 5.91 Å². The van der Waals surface area contributed by atoms with Crippen LogP contribution in [-0.2, 0) is 0 Å². The summed E-state index contributed by atoms with van der Waals surface area (Å²) in [7, 11) is 1.54. The van der Waals surface area contributed by atoms with Crippen molar-refractivity contribution in [2.75, 3.05) is 12.4 Å². The lowest BCUT2D eigenvalue weighted by Gasteiger charge is -2.08. The largest absolute Gasteiger partial charge is 0.496 e. The number of aromatic nitrogens is 1. The van der Waals surface area contributed by atoms with Gasteiger partial charge in [-0.2, -0.15) is 0 Å². The van der Waals surface area contributed by atoms with Crippen LogP contribution in [0.15, 0.2) is 56.8 Å². The number of halogens is 2. The van der Waals surface area contributed by atoms with Crippen LogP contribution in [0.5, 0.6) is 5.75 Å². The summed E-state index contributed by atoms with van der Waals surface area (Å²) < 4.78 is 7.06. The minimum absolute atomic E-state index is 0.259. The zero-order chi connectivity index (χ0) is 17.1. The zero-order valence-electron chi connectivity index (χ0n) is 12.5. The SMILES string of the molecule is COc1ccc(Br)cc1C(=O)Nc1nc(-c2ccc(Br)cc2)cs1. The molecule has 0 bridgehead atoms. The van der Waals surface area contributed by atoms with Gasteiger partial charge >= 0.3 is 0 Å². The fourth-order valence-electron chi connectivity index (χ4n) is 2.11. The highest BCUT2D eigenvalue weighted by Crippen LogP contribution is 2.28. The molecule has 0 unspecified atom stereocenters. The molecule has 3 rings (SSSR count). The third kappa shape index (κ3) is 3.85. The van der Waals surface area contributed by atoms with Crippen molar-refractivity contribution >= 4 is 54.2 Å². The Labute approximate surface area is 160 Å². The summed E-state index contributed by atoms with van der Waals surface area (Å²) in [5.41, 5.74) is 2.27. The highest BCUT2D eigenvalue weighted by molar-refractivity contribution is 9.10. The molecule has 0 radical (unpaired) electrons. The van der Waals surface area contributed by atoms with Gasteiger partial charge in [-0.3, -0.25) is 10.1 Å². The summed E-state index contributed by atoms with van der Waals surface area (Å²) in [6, 6.07) is 13.2. The molecule has 1 amide bonds. The summed E-state index contributed by atoms with van der Waals surface area (Å²) in [5.74, 6) is 0.255. The molecular weight excluding hydrogens is 456 g/mol. The van der Waals surface area contributed by atoms with Gasteiger partial charge in [0.2, 0.25) is 0 Å². The first kappa shape index (κ1) is 17.1. The van der Waals surface area contributed by atoms with Crippen molar-refractivity contribution < 1.29 is 9.53 Å². The molecule has 0 saturated carbocycles. The predicted molar refractivity (Wildman–Crippen MR) is 104 cm³/mol. The Kier molecular flexibility index (Phi) is 5.33. The second-order valence-electron chi connectivity index (χ2n) is 4.84. The molecule has 4 nitrogen and oxygen atoms in total. The zero-order valence-corrected chi connectivity index (χ0v) is 16.5. The summed E-state index contributed by atoms with van der Waals surface area (Å²) in [5, 5.41) is 5.28. The molecule has 122 valence electrons. The van der Waals surface area contributed by atoms with E-state index >= 15 is 0 Å². The Morgan fingerprint density at radius 2 is 1.83 bits per heavy atom.